The van der Waals surface area contributed by atoms with Crippen molar-refractivity contribution in [2.24, 2.45) is 0 Å². The van der Waals surface area contributed by atoms with Gasteiger partial charge in [0.1, 0.15) is 10.8 Å². The largest absolute Gasteiger partial charge is 0.478 e. The van der Waals surface area contributed by atoms with Gasteiger partial charge in [-0.1, -0.05) is 24.3 Å². The summed E-state index contributed by atoms with van der Waals surface area (Å²) in [4.78, 5) is 31.2. The van der Waals surface area contributed by atoms with Gasteiger partial charge >= 0.3 is 0 Å². The van der Waals surface area contributed by atoms with Crippen LogP contribution in [0.3, 0.4) is 0 Å². The highest BCUT2D eigenvalue weighted by Gasteiger charge is 2.32. The van der Waals surface area contributed by atoms with Crippen LogP contribution in [0.15, 0.2) is 48.5 Å². The smallest absolute Gasteiger partial charge is 0.266 e. The molecule has 138 valence electrons. The van der Waals surface area contributed by atoms with E-state index in [2.05, 4.69) is 10.3 Å². The zero-order valence-electron chi connectivity index (χ0n) is 15.0. The summed E-state index contributed by atoms with van der Waals surface area (Å²) in [6.07, 6.45) is -0.858. The number of aromatic nitrogens is 1. The molecule has 0 spiro atoms. The SMILES string of the molecule is C[C@H](c1nc2ccccc2s1)N(C)C(=O)C[C@H]1Oc2ccccc2NC1=O. The minimum atomic E-state index is -0.836. The van der Waals surface area contributed by atoms with Gasteiger partial charge in [-0.2, -0.15) is 0 Å². The second kappa shape index (κ2) is 7.00. The van der Waals surface area contributed by atoms with Crippen molar-refractivity contribution in [3.8, 4) is 5.75 Å². The second-order valence-corrected chi connectivity index (χ2v) is 7.56. The summed E-state index contributed by atoms with van der Waals surface area (Å²) in [6.45, 7) is 1.94. The zero-order chi connectivity index (χ0) is 19.0. The number of benzene rings is 2. The van der Waals surface area contributed by atoms with Crippen LogP contribution < -0.4 is 10.1 Å². The van der Waals surface area contributed by atoms with Gasteiger partial charge in [-0.05, 0) is 31.2 Å². The molecular formula is C20H19N3O3S. The van der Waals surface area contributed by atoms with Crippen molar-refractivity contribution in [1.82, 2.24) is 9.88 Å². The molecule has 0 saturated carbocycles. The number of ether oxygens (including phenoxy) is 1. The maximum Gasteiger partial charge on any atom is 0.266 e. The standard InChI is InChI=1S/C20H19N3O3S/c1-12(20-22-14-8-4-6-10-17(14)27-20)23(2)18(24)11-16-19(25)21-13-7-3-5-9-15(13)26-16/h3-10,12,16H,11H2,1-2H3,(H,21,25)/t12-,16-/m1/s1. The second-order valence-electron chi connectivity index (χ2n) is 6.50. The fraction of sp³-hybridized carbons (Fsp3) is 0.250. The van der Waals surface area contributed by atoms with E-state index in [-0.39, 0.29) is 24.3 Å². The summed E-state index contributed by atoms with van der Waals surface area (Å²) >= 11 is 1.57. The summed E-state index contributed by atoms with van der Waals surface area (Å²) in [5, 5.41) is 3.65. The van der Waals surface area contributed by atoms with Gasteiger partial charge in [0.25, 0.3) is 5.91 Å². The van der Waals surface area contributed by atoms with E-state index in [4.69, 9.17) is 4.74 Å². The molecular weight excluding hydrogens is 362 g/mol. The number of para-hydroxylation sites is 3. The number of fused-ring (bicyclic) bond motifs is 2. The van der Waals surface area contributed by atoms with Crippen LogP contribution in [0.4, 0.5) is 5.69 Å². The highest BCUT2D eigenvalue weighted by molar-refractivity contribution is 7.18. The number of carbonyl (C=O) groups is 2. The summed E-state index contributed by atoms with van der Waals surface area (Å²) in [7, 11) is 1.73. The van der Waals surface area contributed by atoms with Gasteiger partial charge < -0.3 is 15.0 Å². The summed E-state index contributed by atoms with van der Waals surface area (Å²) < 4.78 is 6.82. The lowest BCUT2D eigenvalue weighted by atomic mass is 10.1. The highest BCUT2D eigenvalue weighted by Crippen LogP contribution is 2.31. The van der Waals surface area contributed by atoms with Crippen LogP contribution in [0.2, 0.25) is 0 Å². The van der Waals surface area contributed by atoms with Crippen LogP contribution in [-0.4, -0.2) is 34.8 Å². The molecule has 2 aromatic carbocycles. The lowest BCUT2D eigenvalue weighted by Crippen LogP contribution is -2.41. The van der Waals surface area contributed by atoms with E-state index in [1.807, 2.05) is 43.3 Å². The molecule has 2 heterocycles. The minimum absolute atomic E-state index is 0.0219. The first-order valence-corrected chi connectivity index (χ1v) is 9.52. The number of rotatable bonds is 4. The van der Waals surface area contributed by atoms with Crippen molar-refractivity contribution in [1.29, 1.82) is 0 Å². The lowest BCUT2D eigenvalue weighted by molar-refractivity contribution is -0.137. The molecule has 0 aliphatic carbocycles. The van der Waals surface area contributed by atoms with Crippen molar-refractivity contribution >= 4 is 39.1 Å². The van der Waals surface area contributed by atoms with Gasteiger partial charge in [0.2, 0.25) is 5.91 Å². The molecule has 6 nitrogen and oxygen atoms in total. The quantitative estimate of drug-likeness (QED) is 0.749. The summed E-state index contributed by atoms with van der Waals surface area (Å²) in [6, 6.07) is 14.9. The first kappa shape index (κ1) is 17.5. The van der Waals surface area contributed by atoms with E-state index >= 15 is 0 Å². The van der Waals surface area contributed by atoms with E-state index in [0.717, 1.165) is 15.2 Å². The van der Waals surface area contributed by atoms with Gasteiger partial charge in [-0.15, -0.1) is 11.3 Å². The number of carbonyl (C=O) groups excluding carboxylic acids is 2. The molecule has 0 fully saturated rings. The monoisotopic (exact) mass is 381 g/mol. The highest BCUT2D eigenvalue weighted by atomic mass is 32.1. The van der Waals surface area contributed by atoms with E-state index in [0.29, 0.717) is 11.4 Å². The first-order chi connectivity index (χ1) is 13.0. The van der Waals surface area contributed by atoms with Crippen LogP contribution >= 0.6 is 11.3 Å². The molecule has 27 heavy (non-hydrogen) atoms. The molecule has 1 aromatic heterocycles. The molecule has 2 amide bonds. The van der Waals surface area contributed by atoms with Crippen molar-refractivity contribution in [2.45, 2.75) is 25.5 Å². The van der Waals surface area contributed by atoms with Crippen LogP contribution in [0, 0.1) is 0 Å². The van der Waals surface area contributed by atoms with E-state index in [9.17, 15) is 9.59 Å². The van der Waals surface area contributed by atoms with Crippen LogP contribution in [-0.2, 0) is 9.59 Å². The van der Waals surface area contributed by atoms with Crippen LogP contribution in [0.1, 0.15) is 24.4 Å². The molecule has 1 N–H and O–H groups in total. The number of nitrogens with one attached hydrogen (secondary N) is 1. The molecule has 1 aliphatic rings. The van der Waals surface area contributed by atoms with Gasteiger partial charge in [-0.25, -0.2) is 4.98 Å². The molecule has 0 saturated heterocycles. The Bertz CT molecular complexity index is 983. The first-order valence-electron chi connectivity index (χ1n) is 8.70. The fourth-order valence-electron chi connectivity index (χ4n) is 2.98. The molecule has 0 radical (unpaired) electrons. The summed E-state index contributed by atoms with van der Waals surface area (Å²) in [5.41, 5.74) is 1.55. The van der Waals surface area contributed by atoms with Gasteiger partial charge in [0.05, 0.1) is 28.4 Å². The molecule has 3 aromatic rings. The van der Waals surface area contributed by atoms with E-state index < -0.39 is 6.10 Å². The van der Waals surface area contributed by atoms with E-state index in [1.165, 1.54) is 0 Å². The molecule has 1 aliphatic heterocycles. The molecule has 0 unspecified atom stereocenters. The number of thiazole rings is 1. The Morgan fingerprint density at radius 2 is 2.00 bits per heavy atom. The predicted molar refractivity (Wildman–Crippen MR) is 105 cm³/mol. The van der Waals surface area contributed by atoms with E-state index in [1.54, 1.807) is 35.4 Å². The zero-order valence-corrected chi connectivity index (χ0v) is 15.8. The maximum atomic E-state index is 12.7. The third-order valence-corrected chi connectivity index (χ3v) is 5.92. The van der Waals surface area contributed by atoms with Crippen LogP contribution in [0.5, 0.6) is 5.75 Å². The number of hydrogen-bond acceptors (Lipinski definition) is 5. The minimum Gasteiger partial charge on any atom is -0.478 e. The van der Waals surface area contributed by atoms with Crippen molar-refractivity contribution in [2.75, 3.05) is 12.4 Å². The lowest BCUT2D eigenvalue weighted by Gasteiger charge is -2.28. The molecule has 4 rings (SSSR count). The molecule has 7 heteroatoms. The Kier molecular flexibility index (Phi) is 4.53. The molecule has 2 atom stereocenters. The number of amides is 2. The topological polar surface area (TPSA) is 71.5 Å². The van der Waals surface area contributed by atoms with Gasteiger partial charge in [0.15, 0.2) is 6.10 Å². The normalized spacial score (nSPS) is 17.0. The Morgan fingerprint density at radius 3 is 2.81 bits per heavy atom. The van der Waals surface area contributed by atoms with Crippen LogP contribution in [0.25, 0.3) is 10.2 Å². The van der Waals surface area contributed by atoms with Crippen molar-refractivity contribution in [3.63, 3.8) is 0 Å². The predicted octanol–water partition coefficient (Wildman–Crippen LogP) is 3.61. The van der Waals surface area contributed by atoms with Gasteiger partial charge in [0, 0.05) is 7.05 Å². The number of anilines is 1. The Labute approximate surface area is 160 Å². The number of hydrogen-bond donors (Lipinski definition) is 1. The third-order valence-electron chi connectivity index (χ3n) is 4.71. The Morgan fingerprint density at radius 1 is 1.26 bits per heavy atom. The average Bonchev–Trinajstić information content (AvgIpc) is 3.11. The Balaban J connectivity index is 1.46. The third kappa shape index (κ3) is 3.38. The summed E-state index contributed by atoms with van der Waals surface area (Å²) in [5.74, 6) is 0.112. The average molecular weight is 381 g/mol. The van der Waals surface area contributed by atoms with Gasteiger partial charge in [-0.3, -0.25) is 9.59 Å². The molecule has 0 bridgehead atoms. The fourth-order valence-corrected chi connectivity index (χ4v) is 4.04. The number of nitrogens with zero attached hydrogens (tertiary/aromatic N) is 2. The van der Waals surface area contributed by atoms with Crippen molar-refractivity contribution < 1.29 is 14.3 Å². The Hall–Kier alpha value is -2.93. The van der Waals surface area contributed by atoms with Crippen molar-refractivity contribution in [3.05, 3.63) is 53.5 Å². The maximum absolute atomic E-state index is 12.7.